The van der Waals surface area contributed by atoms with Crippen LogP contribution in [0.3, 0.4) is 0 Å². The number of nitrogens with zero attached hydrogens (tertiary/aromatic N) is 1. The molecule has 0 saturated carbocycles. The van der Waals surface area contributed by atoms with Crippen molar-refractivity contribution in [3.05, 3.63) is 69.0 Å². The lowest BCUT2D eigenvalue weighted by molar-refractivity contribution is -0.113. The monoisotopic (exact) mass is 389 g/mol. The molecule has 1 amide bonds. The Balaban J connectivity index is 1.99. The molecule has 0 unspecified atom stereocenters. The second-order valence-corrected chi connectivity index (χ2v) is 7.36. The minimum Gasteiger partial charge on any atom is -0.268 e. The number of para-hydroxylation sites is 1. The van der Waals surface area contributed by atoms with E-state index in [0.717, 1.165) is 21.3 Å². The van der Waals surface area contributed by atoms with E-state index in [-0.39, 0.29) is 5.91 Å². The number of thioether (sulfide) groups is 1. The van der Waals surface area contributed by atoms with Crippen molar-refractivity contribution in [1.82, 2.24) is 0 Å². The number of carbonyl (C=O) groups is 1. The fourth-order valence-electron chi connectivity index (χ4n) is 2.22. The molecule has 0 spiro atoms. The molecule has 0 bridgehead atoms. The van der Waals surface area contributed by atoms with Crippen LogP contribution < -0.4 is 4.90 Å². The van der Waals surface area contributed by atoms with Crippen molar-refractivity contribution in [2.24, 2.45) is 0 Å². The lowest BCUT2D eigenvalue weighted by Gasteiger charge is -2.16. The van der Waals surface area contributed by atoms with Gasteiger partial charge in [0.25, 0.3) is 5.91 Å². The largest absolute Gasteiger partial charge is 0.270 e. The predicted molar refractivity (Wildman–Crippen MR) is 101 cm³/mol. The molecule has 2 nitrogen and oxygen atoms in total. The standard InChI is InChI=1S/C17H12BrNOS2/c1-11-6-2-5-9-14(11)19-16(20)15(22-17(19)21)10-12-7-3-4-8-13(12)18/h2-10H,1H3. The maximum atomic E-state index is 12.7. The van der Waals surface area contributed by atoms with Gasteiger partial charge in [0.05, 0.1) is 10.6 Å². The zero-order chi connectivity index (χ0) is 15.7. The fourth-order valence-corrected chi connectivity index (χ4v) is 3.90. The Kier molecular flexibility index (Phi) is 4.47. The van der Waals surface area contributed by atoms with Crippen LogP contribution in [0.5, 0.6) is 0 Å². The maximum Gasteiger partial charge on any atom is 0.270 e. The third-order valence-corrected chi connectivity index (χ3v) is 5.37. The molecule has 22 heavy (non-hydrogen) atoms. The number of thiocarbonyl (C=S) groups is 1. The second kappa shape index (κ2) is 6.36. The van der Waals surface area contributed by atoms with E-state index >= 15 is 0 Å². The Labute approximate surface area is 147 Å². The minimum atomic E-state index is -0.0694. The molecule has 2 aromatic carbocycles. The van der Waals surface area contributed by atoms with E-state index in [2.05, 4.69) is 15.9 Å². The van der Waals surface area contributed by atoms with Gasteiger partial charge in [0, 0.05) is 4.47 Å². The van der Waals surface area contributed by atoms with E-state index in [1.807, 2.05) is 61.5 Å². The third kappa shape index (κ3) is 2.89. The topological polar surface area (TPSA) is 20.3 Å². The van der Waals surface area contributed by atoms with E-state index in [9.17, 15) is 4.79 Å². The van der Waals surface area contributed by atoms with Crippen LogP contribution in [0.15, 0.2) is 57.9 Å². The summed E-state index contributed by atoms with van der Waals surface area (Å²) < 4.78 is 1.52. The zero-order valence-electron chi connectivity index (χ0n) is 11.7. The Morgan fingerprint density at radius 1 is 1.14 bits per heavy atom. The van der Waals surface area contributed by atoms with Crippen molar-refractivity contribution < 1.29 is 4.79 Å². The van der Waals surface area contributed by atoms with E-state index in [1.165, 1.54) is 11.8 Å². The number of hydrogen-bond acceptors (Lipinski definition) is 3. The van der Waals surface area contributed by atoms with Crippen LogP contribution in [-0.2, 0) is 4.79 Å². The van der Waals surface area contributed by atoms with E-state index in [1.54, 1.807) is 4.90 Å². The highest BCUT2D eigenvalue weighted by Gasteiger charge is 2.33. The third-order valence-electron chi connectivity index (χ3n) is 3.34. The normalized spacial score (nSPS) is 16.6. The van der Waals surface area contributed by atoms with E-state index in [4.69, 9.17) is 12.2 Å². The van der Waals surface area contributed by atoms with E-state index < -0.39 is 0 Å². The summed E-state index contributed by atoms with van der Waals surface area (Å²) in [5.41, 5.74) is 2.84. The van der Waals surface area contributed by atoms with Gasteiger partial charge in [-0.25, -0.2) is 0 Å². The summed E-state index contributed by atoms with van der Waals surface area (Å²) in [7, 11) is 0. The number of rotatable bonds is 2. The van der Waals surface area contributed by atoms with Crippen molar-refractivity contribution in [3.8, 4) is 0 Å². The molecule has 2 aromatic rings. The van der Waals surface area contributed by atoms with Crippen LogP contribution in [0.25, 0.3) is 6.08 Å². The number of carbonyl (C=O) groups excluding carboxylic acids is 1. The smallest absolute Gasteiger partial charge is 0.268 e. The zero-order valence-corrected chi connectivity index (χ0v) is 15.0. The fraction of sp³-hybridized carbons (Fsp3) is 0.0588. The second-order valence-electron chi connectivity index (χ2n) is 4.83. The van der Waals surface area contributed by atoms with Gasteiger partial charge in [-0.1, -0.05) is 76.3 Å². The first-order valence-corrected chi connectivity index (χ1v) is 8.68. The molecule has 5 heteroatoms. The number of hydrogen-bond donors (Lipinski definition) is 0. The van der Waals surface area contributed by atoms with Gasteiger partial charge in [-0.15, -0.1) is 0 Å². The van der Waals surface area contributed by atoms with Crippen molar-refractivity contribution in [3.63, 3.8) is 0 Å². The Bertz CT molecular complexity index is 801. The molecule has 1 fully saturated rings. The first-order valence-electron chi connectivity index (χ1n) is 6.66. The first-order chi connectivity index (χ1) is 10.6. The quantitative estimate of drug-likeness (QED) is 0.522. The molecule has 1 saturated heterocycles. The van der Waals surface area contributed by atoms with Gasteiger partial charge in [-0.2, -0.15) is 0 Å². The van der Waals surface area contributed by atoms with Gasteiger partial charge in [0.1, 0.15) is 0 Å². The summed E-state index contributed by atoms with van der Waals surface area (Å²) in [6.45, 7) is 1.98. The summed E-state index contributed by atoms with van der Waals surface area (Å²) >= 11 is 10.2. The SMILES string of the molecule is Cc1ccccc1N1C(=O)C(=Cc2ccccc2Br)SC1=S. The Hall–Kier alpha value is -1.43. The molecule has 1 aliphatic heterocycles. The average molecular weight is 390 g/mol. The van der Waals surface area contributed by atoms with Crippen molar-refractivity contribution in [2.45, 2.75) is 6.92 Å². The Morgan fingerprint density at radius 2 is 1.82 bits per heavy atom. The van der Waals surface area contributed by atoms with Gasteiger partial charge in [-0.3, -0.25) is 9.69 Å². The van der Waals surface area contributed by atoms with Crippen LogP contribution >= 0.6 is 39.9 Å². The minimum absolute atomic E-state index is 0.0694. The lowest BCUT2D eigenvalue weighted by atomic mass is 10.1. The summed E-state index contributed by atoms with van der Waals surface area (Å²) in [4.78, 5) is 15.0. The molecule has 1 aliphatic rings. The highest BCUT2D eigenvalue weighted by atomic mass is 79.9. The highest BCUT2D eigenvalue weighted by molar-refractivity contribution is 9.10. The number of anilines is 1. The summed E-state index contributed by atoms with van der Waals surface area (Å²) in [6.07, 6.45) is 1.88. The van der Waals surface area contributed by atoms with Crippen molar-refractivity contribution in [1.29, 1.82) is 0 Å². The van der Waals surface area contributed by atoms with Crippen LogP contribution in [0.1, 0.15) is 11.1 Å². The maximum absolute atomic E-state index is 12.7. The molecular weight excluding hydrogens is 378 g/mol. The Morgan fingerprint density at radius 3 is 2.55 bits per heavy atom. The van der Waals surface area contributed by atoms with Crippen molar-refractivity contribution in [2.75, 3.05) is 4.90 Å². The molecule has 0 radical (unpaired) electrons. The first kappa shape index (κ1) is 15.5. The molecule has 3 rings (SSSR count). The predicted octanol–water partition coefficient (Wildman–Crippen LogP) is 5.16. The number of halogens is 1. The van der Waals surface area contributed by atoms with Gasteiger partial charge < -0.3 is 0 Å². The summed E-state index contributed by atoms with van der Waals surface area (Å²) in [5.74, 6) is -0.0694. The average Bonchev–Trinajstić information content (AvgIpc) is 2.77. The molecular formula is C17H12BrNOS2. The molecule has 1 heterocycles. The van der Waals surface area contributed by atoms with Gasteiger partial charge >= 0.3 is 0 Å². The summed E-state index contributed by atoms with van der Waals surface area (Å²) in [5, 5.41) is 0. The lowest BCUT2D eigenvalue weighted by Crippen LogP contribution is -2.28. The van der Waals surface area contributed by atoms with Gasteiger partial charge in [0.2, 0.25) is 0 Å². The molecule has 0 aromatic heterocycles. The molecule has 0 atom stereocenters. The van der Waals surface area contributed by atoms with Crippen LogP contribution in [0.4, 0.5) is 5.69 Å². The van der Waals surface area contributed by atoms with E-state index in [0.29, 0.717) is 9.23 Å². The van der Waals surface area contributed by atoms with Crippen LogP contribution in [0.2, 0.25) is 0 Å². The van der Waals surface area contributed by atoms with Crippen LogP contribution in [0, 0.1) is 6.92 Å². The van der Waals surface area contributed by atoms with Crippen LogP contribution in [-0.4, -0.2) is 10.2 Å². The number of aryl methyl sites for hydroxylation is 1. The molecule has 110 valence electrons. The number of amides is 1. The summed E-state index contributed by atoms with van der Waals surface area (Å²) in [6, 6.07) is 15.6. The number of benzene rings is 2. The van der Waals surface area contributed by atoms with Gasteiger partial charge in [-0.05, 0) is 36.3 Å². The highest BCUT2D eigenvalue weighted by Crippen LogP contribution is 2.37. The molecule has 0 N–H and O–H groups in total. The van der Waals surface area contributed by atoms with Gasteiger partial charge in [0.15, 0.2) is 4.32 Å². The van der Waals surface area contributed by atoms with Crippen molar-refractivity contribution >= 4 is 61.9 Å². The molecule has 0 aliphatic carbocycles.